The topological polar surface area (TPSA) is 72.8 Å². The summed E-state index contributed by atoms with van der Waals surface area (Å²) in [5, 5.41) is -0.0743. The SMILES string of the molecule is C=C(C)C(=O)OCCOP(=O)(O)c1ccpc(Cl)c1Cl. The van der Waals surface area contributed by atoms with E-state index in [1.165, 1.54) is 13.0 Å². The number of hydrogen-bond acceptors (Lipinski definition) is 4. The second-order valence-corrected chi connectivity index (χ2v) is 7.51. The molecule has 0 aliphatic rings. The van der Waals surface area contributed by atoms with Crippen molar-refractivity contribution in [2.45, 2.75) is 6.92 Å². The highest BCUT2D eigenvalue weighted by Gasteiger charge is 2.27. The van der Waals surface area contributed by atoms with Crippen LogP contribution in [0.5, 0.6) is 0 Å². The van der Waals surface area contributed by atoms with Gasteiger partial charge in [0.05, 0.1) is 21.7 Å². The molecule has 1 heterocycles. The average Bonchev–Trinajstić information content (AvgIpc) is 2.37. The molecule has 1 aromatic rings. The Balaban J connectivity index is 2.62. The summed E-state index contributed by atoms with van der Waals surface area (Å²) < 4.78 is 21.8. The molecule has 0 amide bonds. The maximum Gasteiger partial charge on any atom is 0.360 e. The zero-order valence-corrected chi connectivity index (χ0v) is 13.8. The van der Waals surface area contributed by atoms with Gasteiger partial charge in [-0.2, -0.15) is 0 Å². The number of ether oxygens (including phenoxy) is 1. The van der Waals surface area contributed by atoms with Gasteiger partial charge in [0.1, 0.15) is 6.61 Å². The van der Waals surface area contributed by atoms with Crippen molar-refractivity contribution in [2.24, 2.45) is 0 Å². The highest BCUT2D eigenvalue weighted by molar-refractivity contribution is 7.61. The van der Waals surface area contributed by atoms with Gasteiger partial charge >= 0.3 is 13.6 Å². The zero-order chi connectivity index (χ0) is 15.3. The summed E-state index contributed by atoms with van der Waals surface area (Å²) >= 11 is 11.7. The van der Waals surface area contributed by atoms with Gasteiger partial charge in [-0.1, -0.05) is 38.0 Å². The van der Waals surface area contributed by atoms with E-state index in [0.717, 1.165) is 0 Å². The molecule has 110 valence electrons. The van der Waals surface area contributed by atoms with Crippen LogP contribution in [0, 0.1) is 0 Å². The number of carbonyl (C=O) groups is 1. The normalized spacial score (nSPS) is 14.0. The zero-order valence-electron chi connectivity index (χ0n) is 10.5. The molecule has 0 aliphatic carbocycles. The summed E-state index contributed by atoms with van der Waals surface area (Å²) in [6.45, 7) is 4.48. The number of carbonyl (C=O) groups excluding carboxylic acids is 1. The van der Waals surface area contributed by atoms with E-state index in [1.54, 1.807) is 5.80 Å². The lowest BCUT2D eigenvalue weighted by atomic mass is 10.4. The van der Waals surface area contributed by atoms with Crippen LogP contribution >= 0.6 is 39.0 Å². The summed E-state index contributed by atoms with van der Waals surface area (Å²) in [5.74, 6) is 0.989. The van der Waals surface area contributed by atoms with E-state index in [0.29, 0.717) is 8.19 Å². The molecule has 1 rings (SSSR count). The number of esters is 1. The fraction of sp³-hybridized carbons (Fsp3) is 0.273. The van der Waals surface area contributed by atoms with Crippen molar-refractivity contribution in [1.29, 1.82) is 0 Å². The highest BCUT2D eigenvalue weighted by Crippen LogP contribution is 2.45. The number of rotatable bonds is 6. The third kappa shape index (κ3) is 4.85. The fourth-order valence-corrected chi connectivity index (χ4v) is 3.86. The van der Waals surface area contributed by atoms with Crippen LogP contribution in [0.2, 0.25) is 9.78 Å². The quantitative estimate of drug-likeness (QED) is 0.365. The van der Waals surface area contributed by atoms with Crippen LogP contribution in [0.25, 0.3) is 0 Å². The van der Waals surface area contributed by atoms with Crippen molar-refractivity contribution < 1.29 is 23.5 Å². The Hall–Kier alpha value is -0.410. The van der Waals surface area contributed by atoms with Crippen LogP contribution in [0.4, 0.5) is 0 Å². The first-order valence-electron chi connectivity index (χ1n) is 5.36. The number of halogens is 2. The van der Waals surface area contributed by atoms with E-state index in [1.807, 2.05) is 0 Å². The summed E-state index contributed by atoms with van der Waals surface area (Å²) in [4.78, 5) is 20.9. The van der Waals surface area contributed by atoms with E-state index in [4.69, 9.17) is 32.5 Å². The van der Waals surface area contributed by atoms with E-state index in [2.05, 4.69) is 6.58 Å². The summed E-state index contributed by atoms with van der Waals surface area (Å²) in [5.41, 5.74) is 0.235. The third-order valence-electron chi connectivity index (χ3n) is 2.06. The first-order valence-corrected chi connectivity index (χ1v) is 8.66. The maximum atomic E-state index is 12.0. The third-order valence-corrected chi connectivity index (χ3v) is 5.56. The van der Waals surface area contributed by atoms with Crippen LogP contribution in [-0.2, 0) is 18.6 Å². The lowest BCUT2D eigenvalue weighted by Crippen LogP contribution is -2.14. The fourth-order valence-electron chi connectivity index (χ4n) is 1.12. The standard InChI is InChI=1S/C11H12Cl2O5P2/c1-7(2)11(14)17-4-5-18-20(15,16)8-3-6-19-10(13)9(8)12/h3,6H,1,4-5H2,2H3,(H,15,16). The van der Waals surface area contributed by atoms with Crippen molar-refractivity contribution in [3.05, 3.63) is 33.8 Å². The molecule has 1 aromatic heterocycles. The molecule has 20 heavy (non-hydrogen) atoms. The Morgan fingerprint density at radius 3 is 2.75 bits per heavy atom. The summed E-state index contributed by atoms with van der Waals surface area (Å²) in [6, 6.07) is 1.39. The van der Waals surface area contributed by atoms with E-state index < -0.39 is 13.6 Å². The summed E-state index contributed by atoms with van der Waals surface area (Å²) in [7, 11) is -3.46. The van der Waals surface area contributed by atoms with Crippen LogP contribution in [0.15, 0.2) is 24.0 Å². The lowest BCUT2D eigenvalue weighted by Gasteiger charge is -2.14. The smallest absolute Gasteiger partial charge is 0.360 e. The highest BCUT2D eigenvalue weighted by atomic mass is 35.5. The monoisotopic (exact) mass is 356 g/mol. The van der Waals surface area contributed by atoms with Crippen LogP contribution in [0.3, 0.4) is 0 Å². The Morgan fingerprint density at radius 2 is 2.15 bits per heavy atom. The minimum atomic E-state index is -4.11. The Morgan fingerprint density at radius 1 is 1.50 bits per heavy atom. The van der Waals surface area contributed by atoms with Gasteiger partial charge in [-0.05, 0) is 18.8 Å². The van der Waals surface area contributed by atoms with Crippen molar-refractivity contribution in [3.8, 4) is 0 Å². The Bertz CT molecular complexity index is 576. The second-order valence-electron chi connectivity index (χ2n) is 3.70. The molecule has 9 heteroatoms. The van der Waals surface area contributed by atoms with Gasteiger partial charge in [0, 0.05) is 5.57 Å². The lowest BCUT2D eigenvalue weighted by molar-refractivity contribution is -0.139. The average molecular weight is 357 g/mol. The predicted octanol–water partition coefficient (Wildman–Crippen LogP) is 3.52. The Kier molecular flexibility index (Phi) is 6.67. The van der Waals surface area contributed by atoms with E-state index in [9.17, 15) is 14.3 Å². The van der Waals surface area contributed by atoms with Gasteiger partial charge in [-0.3, -0.25) is 4.57 Å². The van der Waals surface area contributed by atoms with Gasteiger partial charge in [-0.25, -0.2) is 4.79 Å². The van der Waals surface area contributed by atoms with Crippen LogP contribution < -0.4 is 5.30 Å². The Labute approximate surface area is 128 Å². The number of hydrogen-bond donors (Lipinski definition) is 1. The van der Waals surface area contributed by atoms with Gasteiger partial charge in [0.2, 0.25) is 0 Å². The largest absolute Gasteiger partial charge is 0.460 e. The molecule has 1 N–H and O–H groups in total. The molecule has 0 radical (unpaired) electrons. The first kappa shape index (κ1) is 17.6. The molecule has 1 unspecified atom stereocenters. The minimum absolute atomic E-state index is 0.000553. The minimum Gasteiger partial charge on any atom is -0.460 e. The predicted molar refractivity (Wildman–Crippen MR) is 80.2 cm³/mol. The van der Waals surface area contributed by atoms with Crippen LogP contribution in [-0.4, -0.2) is 24.1 Å². The van der Waals surface area contributed by atoms with Crippen molar-refractivity contribution >= 4 is 50.3 Å². The van der Waals surface area contributed by atoms with E-state index in [-0.39, 0.29) is 33.9 Å². The van der Waals surface area contributed by atoms with Gasteiger partial charge in [0.15, 0.2) is 0 Å². The molecular weight excluding hydrogens is 345 g/mol. The first-order chi connectivity index (χ1) is 9.25. The van der Waals surface area contributed by atoms with Crippen molar-refractivity contribution in [3.63, 3.8) is 0 Å². The van der Waals surface area contributed by atoms with Crippen molar-refractivity contribution in [2.75, 3.05) is 13.2 Å². The molecule has 0 bridgehead atoms. The van der Waals surface area contributed by atoms with Gasteiger partial charge in [-0.15, -0.1) is 0 Å². The molecule has 0 aromatic carbocycles. The molecule has 0 saturated carbocycles. The summed E-state index contributed by atoms with van der Waals surface area (Å²) in [6.07, 6.45) is 0. The molecule has 0 spiro atoms. The van der Waals surface area contributed by atoms with Gasteiger partial charge < -0.3 is 14.2 Å². The van der Waals surface area contributed by atoms with Gasteiger partial charge in [0.25, 0.3) is 0 Å². The molecule has 5 nitrogen and oxygen atoms in total. The maximum absolute atomic E-state index is 12.0. The van der Waals surface area contributed by atoms with Crippen molar-refractivity contribution in [1.82, 2.24) is 0 Å². The molecular formula is C11H12Cl2O5P2. The molecule has 0 aliphatic heterocycles. The molecule has 0 saturated heterocycles. The van der Waals surface area contributed by atoms with Crippen LogP contribution in [0.1, 0.15) is 6.92 Å². The second kappa shape index (κ2) is 7.56. The van der Waals surface area contributed by atoms with E-state index >= 15 is 0 Å². The molecule has 0 fully saturated rings. The molecule has 1 atom stereocenters.